The molecule has 0 amide bonds. The largest absolute Gasteiger partial charge is 0.491 e. The number of aromatic amines is 1. The number of morpholine rings is 1. The minimum Gasteiger partial charge on any atom is -0.491 e. The van der Waals surface area contributed by atoms with Gasteiger partial charge in [-0.05, 0) is 60.3 Å². The third kappa shape index (κ3) is 5.55. The Balaban J connectivity index is 1.33. The first-order valence-corrected chi connectivity index (χ1v) is 12.2. The lowest BCUT2D eigenvalue weighted by molar-refractivity contribution is 0.0322. The van der Waals surface area contributed by atoms with Crippen LogP contribution in [-0.4, -0.2) is 73.4 Å². The summed E-state index contributed by atoms with van der Waals surface area (Å²) in [4.78, 5) is 15.7. The Bertz CT molecular complexity index is 1110. The van der Waals surface area contributed by atoms with Crippen molar-refractivity contribution in [1.29, 1.82) is 0 Å². The Labute approximate surface area is 200 Å². The Hall–Kier alpha value is -3.00. The summed E-state index contributed by atoms with van der Waals surface area (Å²) >= 11 is 0. The predicted octanol–water partition coefficient (Wildman–Crippen LogP) is 2.90. The number of benzene rings is 2. The van der Waals surface area contributed by atoms with Crippen LogP contribution in [0.3, 0.4) is 0 Å². The maximum atomic E-state index is 13.4. The van der Waals surface area contributed by atoms with Crippen LogP contribution in [0.2, 0.25) is 0 Å². The van der Waals surface area contributed by atoms with Crippen LogP contribution < -0.4 is 10.1 Å². The van der Waals surface area contributed by atoms with Crippen LogP contribution in [-0.2, 0) is 24.0 Å². The molecule has 2 aromatic carbocycles. The van der Waals surface area contributed by atoms with E-state index in [9.17, 15) is 4.79 Å². The van der Waals surface area contributed by atoms with E-state index in [1.54, 1.807) is 6.20 Å². The number of nitrogens with zero attached hydrogens (tertiary/aromatic N) is 2. The van der Waals surface area contributed by atoms with Gasteiger partial charge in [0.15, 0.2) is 5.78 Å². The van der Waals surface area contributed by atoms with E-state index in [0.29, 0.717) is 24.3 Å². The van der Waals surface area contributed by atoms with E-state index in [1.165, 1.54) is 11.1 Å². The fraction of sp³-hybridized carbons (Fsp3) is 0.407. The molecule has 0 atom stereocenters. The van der Waals surface area contributed by atoms with Crippen LogP contribution in [0.25, 0.3) is 11.1 Å². The fourth-order valence-corrected chi connectivity index (χ4v) is 4.69. The van der Waals surface area contributed by atoms with Gasteiger partial charge in [-0.1, -0.05) is 24.3 Å². The number of carbonyl (C=O) groups is 1. The summed E-state index contributed by atoms with van der Waals surface area (Å²) in [5.74, 6) is 0.711. The molecule has 178 valence electrons. The van der Waals surface area contributed by atoms with E-state index in [0.717, 1.165) is 75.5 Å². The van der Waals surface area contributed by atoms with Gasteiger partial charge in [0.25, 0.3) is 0 Å². The van der Waals surface area contributed by atoms with Crippen molar-refractivity contribution < 1.29 is 14.3 Å². The normalized spacial score (nSPS) is 16.6. The molecule has 2 aliphatic rings. The second-order valence-corrected chi connectivity index (χ2v) is 8.95. The van der Waals surface area contributed by atoms with Crippen molar-refractivity contribution in [2.24, 2.45) is 0 Å². The summed E-state index contributed by atoms with van der Waals surface area (Å²) in [5.41, 5.74) is 6.38. The van der Waals surface area contributed by atoms with E-state index < -0.39 is 0 Å². The SMILES string of the molecule is O=C(Cc1ccc2c(c1)CCNCC2)c1ccc(-c2cn[nH]c2)cc1OCCN1CCOCC1. The van der Waals surface area contributed by atoms with Gasteiger partial charge in [-0.2, -0.15) is 5.10 Å². The van der Waals surface area contributed by atoms with Crippen molar-refractivity contribution in [3.8, 4) is 16.9 Å². The average molecular weight is 461 g/mol. The van der Waals surface area contributed by atoms with Gasteiger partial charge in [-0.25, -0.2) is 0 Å². The zero-order valence-electron chi connectivity index (χ0n) is 19.5. The number of Topliss-reactive ketones (excluding diaryl/α,β-unsaturated/α-hetero) is 1. The van der Waals surface area contributed by atoms with Gasteiger partial charge in [0.1, 0.15) is 12.4 Å². The number of hydrogen-bond acceptors (Lipinski definition) is 6. The van der Waals surface area contributed by atoms with Crippen LogP contribution >= 0.6 is 0 Å². The second kappa shape index (κ2) is 11.0. The monoisotopic (exact) mass is 460 g/mol. The van der Waals surface area contributed by atoms with E-state index in [4.69, 9.17) is 9.47 Å². The lowest BCUT2D eigenvalue weighted by Gasteiger charge is -2.26. The molecule has 0 unspecified atom stereocenters. The number of fused-ring (bicyclic) bond motifs is 1. The Morgan fingerprint density at radius 2 is 1.88 bits per heavy atom. The van der Waals surface area contributed by atoms with Crippen molar-refractivity contribution >= 4 is 5.78 Å². The van der Waals surface area contributed by atoms with Crippen LogP contribution in [0.4, 0.5) is 0 Å². The molecule has 0 saturated carbocycles. The minimum atomic E-state index is 0.0758. The molecule has 7 nitrogen and oxygen atoms in total. The molecule has 5 rings (SSSR count). The van der Waals surface area contributed by atoms with Gasteiger partial charge in [0.2, 0.25) is 0 Å². The molecular weight excluding hydrogens is 428 g/mol. The van der Waals surface area contributed by atoms with Crippen molar-refractivity contribution in [3.05, 3.63) is 71.0 Å². The number of hydrogen-bond donors (Lipinski definition) is 2. The highest BCUT2D eigenvalue weighted by Gasteiger charge is 2.17. The highest BCUT2D eigenvalue weighted by atomic mass is 16.5. The van der Waals surface area contributed by atoms with Crippen LogP contribution in [0.5, 0.6) is 5.75 Å². The number of ketones is 1. The van der Waals surface area contributed by atoms with Gasteiger partial charge >= 0.3 is 0 Å². The zero-order valence-corrected chi connectivity index (χ0v) is 19.5. The topological polar surface area (TPSA) is 79.5 Å². The fourth-order valence-electron chi connectivity index (χ4n) is 4.69. The number of nitrogens with one attached hydrogen (secondary N) is 2. The van der Waals surface area contributed by atoms with Gasteiger partial charge in [-0.15, -0.1) is 0 Å². The number of rotatable bonds is 8. The highest BCUT2D eigenvalue weighted by Crippen LogP contribution is 2.28. The molecule has 1 fully saturated rings. The highest BCUT2D eigenvalue weighted by molar-refractivity contribution is 6.00. The average Bonchev–Trinajstić information content (AvgIpc) is 3.31. The standard InChI is InChI=1S/C27H32N4O3/c32-26(16-20-1-2-21-5-7-28-8-6-23(21)15-20)25-4-3-22(24-18-29-30-19-24)17-27(25)34-14-11-31-9-12-33-13-10-31/h1-4,15,17-19,28H,5-14,16H2,(H,29,30). The first kappa shape index (κ1) is 22.8. The summed E-state index contributed by atoms with van der Waals surface area (Å²) in [7, 11) is 0. The van der Waals surface area contributed by atoms with Crippen LogP contribution in [0.15, 0.2) is 48.8 Å². The molecule has 7 heteroatoms. The van der Waals surface area contributed by atoms with Gasteiger partial charge in [0, 0.05) is 37.8 Å². The van der Waals surface area contributed by atoms with Crippen molar-refractivity contribution in [3.63, 3.8) is 0 Å². The number of carbonyl (C=O) groups excluding carboxylic acids is 1. The number of aromatic nitrogens is 2. The summed E-state index contributed by atoms with van der Waals surface area (Å²) in [6, 6.07) is 12.3. The summed E-state index contributed by atoms with van der Waals surface area (Å²) in [5, 5.41) is 10.4. The Kier molecular flexibility index (Phi) is 7.34. The molecule has 0 radical (unpaired) electrons. The lowest BCUT2D eigenvalue weighted by atomic mass is 9.95. The third-order valence-electron chi connectivity index (χ3n) is 6.66. The van der Waals surface area contributed by atoms with E-state index in [-0.39, 0.29) is 5.78 Å². The van der Waals surface area contributed by atoms with E-state index >= 15 is 0 Å². The van der Waals surface area contributed by atoms with Crippen molar-refractivity contribution in [1.82, 2.24) is 20.4 Å². The predicted molar refractivity (Wildman–Crippen MR) is 132 cm³/mol. The van der Waals surface area contributed by atoms with Crippen molar-refractivity contribution in [2.45, 2.75) is 19.3 Å². The summed E-state index contributed by atoms with van der Waals surface area (Å²) < 4.78 is 11.6. The molecule has 3 aromatic rings. The van der Waals surface area contributed by atoms with Crippen LogP contribution in [0.1, 0.15) is 27.0 Å². The second-order valence-electron chi connectivity index (χ2n) is 8.95. The molecule has 34 heavy (non-hydrogen) atoms. The molecule has 1 aromatic heterocycles. The smallest absolute Gasteiger partial charge is 0.170 e. The third-order valence-corrected chi connectivity index (χ3v) is 6.66. The van der Waals surface area contributed by atoms with E-state index in [1.807, 2.05) is 24.4 Å². The molecule has 0 bridgehead atoms. The molecule has 1 saturated heterocycles. The van der Waals surface area contributed by atoms with Gasteiger partial charge in [0.05, 0.1) is 25.0 Å². The van der Waals surface area contributed by atoms with Gasteiger partial charge in [-0.3, -0.25) is 14.8 Å². The Morgan fingerprint density at radius 3 is 2.71 bits per heavy atom. The minimum absolute atomic E-state index is 0.0758. The first-order valence-electron chi connectivity index (χ1n) is 12.2. The number of H-pyrrole nitrogens is 1. The zero-order chi connectivity index (χ0) is 23.2. The first-order chi connectivity index (χ1) is 16.8. The van der Waals surface area contributed by atoms with E-state index in [2.05, 4.69) is 38.6 Å². The molecule has 2 aliphatic heterocycles. The summed E-state index contributed by atoms with van der Waals surface area (Å²) in [6.45, 7) is 6.69. The lowest BCUT2D eigenvalue weighted by Crippen LogP contribution is -2.38. The maximum Gasteiger partial charge on any atom is 0.170 e. The molecule has 2 N–H and O–H groups in total. The molecule has 0 spiro atoms. The Morgan fingerprint density at radius 1 is 1.03 bits per heavy atom. The van der Waals surface area contributed by atoms with Crippen molar-refractivity contribution in [2.75, 3.05) is 52.5 Å². The maximum absolute atomic E-state index is 13.4. The van der Waals surface area contributed by atoms with Crippen LogP contribution in [0, 0.1) is 0 Å². The quantitative estimate of drug-likeness (QED) is 0.504. The molecule has 3 heterocycles. The summed E-state index contributed by atoms with van der Waals surface area (Å²) in [6.07, 6.45) is 6.04. The number of ether oxygens (including phenoxy) is 2. The molecule has 0 aliphatic carbocycles. The molecular formula is C27H32N4O3. The van der Waals surface area contributed by atoms with Gasteiger partial charge < -0.3 is 14.8 Å².